The van der Waals surface area contributed by atoms with Crippen molar-refractivity contribution in [3.8, 4) is 5.75 Å². The summed E-state index contributed by atoms with van der Waals surface area (Å²) in [6.45, 7) is 4.09. The van der Waals surface area contributed by atoms with E-state index in [1.807, 2.05) is 0 Å². The van der Waals surface area contributed by atoms with Gasteiger partial charge in [-0.2, -0.15) is 0 Å². The Balaban J connectivity index is 1.54. The second-order valence-electron chi connectivity index (χ2n) is 6.27. The van der Waals surface area contributed by atoms with Gasteiger partial charge in [0.2, 0.25) is 0 Å². The normalized spacial score (nSPS) is 14.3. The molecule has 0 aliphatic heterocycles. The molecule has 2 nitrogen and oxygen atoms in total. The average molecular weight is 289 g/mol. The monoisotopic (exact) mass is 289 g/mol. The van der Waals surface area contributed by atoms with Gasteiger partial charge in [-0.3, -0.25) is 0 Å². The van der Waals surface area contributed by atoms with Crippen molar-refractivity contribution in [2.45, 2.75) is 77.3 Å². The number of nitrogens with one attached hydrogen (secondary N) is 1. The third-order valence-corrected chi connectivity index (χ3v) is 4.09. The SMILES string of the molecule is CCCCCCCCCOc1cccc(CNC2CC2)c1. The maximum Gasteiger partial charge on any atom is 0.119 e. The van der Waals surface area contributed by atoms with Crippen molar-refractivity contribution in [2.75, 3.05) is 6.61 Å². The van der Waals surface area contributed by atoms with Crippen molar-refractivity contribution < 1.29 is 4.74 Å². The molecule has 0 heterocycles. The molecule has 0 radical (unpaired) electrons. The lowest BCUT2D eigenvalue weighted by molar-refractivity contribution is 0.304. The Morgan fingerprint density at radius 3 is 2.57 bits per heavy atom. The molecule has 0 bridgehead atoms. The largest absolute Gasteiger partial charge is 0.494 e. The van der Waals surface area contributed by atoms with E-state index in [2.05, 4.69) is 36.5 Å². The van der Waals surface area contributed by atoms with Crippen LogP contribution in [0.4, 0.5) is 0 Å². The Hall–Kier alpha value is -1.02. The summed E-state index contributed by atoms with van der Waals surface area (Å²) >= 11 is 0. The number of rotatable bonds is 12. The summed E-state index contributed by atoms with van der Waals surface area (Å²) in [5.41, 5.74) is 1.33. The van der Waals surface area contributed by atoms with Gasteiger partial charge in [-0.05, 0) is 37.0 Å². The first kappa shape index (κ1) is 16.4. The minimum absolute atomic E-state index is 0.766. The average Bonchev–Trinajstić information content (AvgIpc) is 3.33. The fourth-order valence-corrected chi connectivity index (χ4v) is 2.54. The molecule has 0 atom stereocenters. The quantitative estimate of drug-likeness (QED) is 0.542. The molecule has 21 heavy (non-hydrogen) atoms. The van der Waals surface area contributed by atoms with E-state index in [4.69, 9.17) is 4.74 Å². The molecule has 1 saturated carbocycles. The van der Waals surface area contributed by atoms with Crippen LogP contribution in [0.1, 0.15) is 70.3 Å². The molecule has 0 amide bonds. The van der Waals surface area contributed by atoms with Crippen LogP contribution in [0.25, 0.3) is 0 Å². The highest BCUT2D eigenvalue weighted by Gasteiger charge is 2.19. The van der Waals surface area contributed by atoms with Crippen molar-refractivity contribution in [2.24, 2.45) is 0 Å². The van der Waals surface area contributed by atoms with E-state index in [0.29, 0.717) is 0 Å². The Morgan fingerprint density at radius 1 is 1.05 bits per heavy atom. The van der Waals surface area contributed by atoms with Crippen LogP contribution >= 0.6 is 0 Å². The summed E-state index contributed by atoms with van der Waals surface area (Å²) in [5, 5.41) is 3.55. The topological polar surface area (TPSA) is 21.3 Å². The van der Waals surface area contributed by atoms with Crippen molar-refractivity contribution in [3.63, 3.8) is 0 Å². The van der Waals surface area contributed by atoms with E-state index in [9.17, 15) is 0 Å². The molecule has 0 unspecified atom stereocenters. The highest BCUT2D eigenvalue weighted by molar-refractivity contribution is 5.28. The highest BCUT2D eigenvalue weighted by atomic mass is 16.5. The molecule has 2 heteroatoms. The van der Waals surface area contributed by atoms with E-state index in [1.165, 1.54) is 63.4 Å². The van der Waals surface area contributed by atoms with Crippen LogP contribution in [-0.2, 0) is 6.54 Å². The third kappa shape index (κ3) is 7.52. The van der Waals surface area contributed by atoms with Crippen molar-refractivity contribution >= 4 is 0 Å². The zero-order chi connectivity index (χ0) is 14.8. The first-order chi connectivity index (χ1) is 10.4. The van der Waals surface area contributed by atoms with Gasteiger partial charge >= 0.3 is 0 Å². The van der Waals surface area contributed by atoms with Crippen LogP contribution in [0.3, 0.4) is 0 Å². The lowest BCUT2D eigenvalue weighted by Gasteiger charge is -2.08. The van der Waals surface area contributed by atoms with Gasteiger partial charge in [0.25, 0.3) is 0 Å². The maximum absolute atomic E-state index is 5.87. The molecule has 118 valence electrons. The smallest absolute Gasteiger partial charge is 0.119 e. The van der Waals surface area contributed by atoms with Gasteiger partial charge in [-0.1, -0.05) is 57.6 Å². The number of ether oxygens (including phenoxy) is 1. The van der Waals surface area contributed by atoms with E-state index >= 15 is 0 Å². The molecule has 1 aromatic carbocycles. The number of benzene rings is 1. The van der Waals surface area contributed by atoms with Gasteiger partial charge in [0.1, 0.15) is 5.75 Å². The Bertz CT molecular complexity index is 387. The van der Waals surface area contributed by atoms with E-state index in [0.717, 1.165) is 24.9 Å². The molecule has 0 aromatic heterocycles. The zero-order valence-corrected chi connectivity index (χ0v) is 13.6. The Morgan fingerprint density at radius 2 is 1.81 bits per heavy atom. The van der Waals surface area contributed by atoms with Gasteiger partial charge in [-0.15, -0.1) is 0 Å². The molecule has 1 aliphatic carbocycles. The predicted molar refractivity (Wildman–Crippen MR) is 89.8 cm³/mol. The first-order valence-electron chi connectivity index (χ1n) is 8.83. The molecule has 1 N–H and O–H groups in total. The van der Waals surface area contributed by atoms with Crippen LogP contribution in [0.15, 0.2) is 24.3 Å². The molecule has 1 aromatic rings. The molecule has 1 fully saturated rings. The number of hydrogen-bond donors (Lipinski definition) is 1. The van der Waals surface area contributed by atoms with E-state index in [1.54, 1.807) is 0 Å². The van der Waals surface area contributed by atoms with Crippen LogP contribution in [0, 0.1) is 0 Å². The number of hydrogen-bond acceptors (Lipinski definition) is 2. The van der Waals surface area contributed by atoms with E-state index < -0.39 is 0 Å². The van der Waals surface area contributed by atoms with Crippen LogP contribution in [0.2, 0.25) is 0 Å². The van der Waals surface area contributed by atoms with Gasteiger partial charge in [0.15, 0.2) is 0 Å². The fourth-order valence-electron chi connectivity index (χ4n) is 2.54. The molecular weight excluding hydrogens is 258 g/mol. The lowest BCUT2D eigenvalue weighted by Crippen LogP contribution is -2.15. The summed E-state index contributed by atoms with van der Waals surface area (Å²) in [6.07, 6.45) is 12.0. The minimum Gasteiger partial charge on any atom is -0.494 e. The number of unbranched alkanes of at least 4 members (excludes halogenated alkanes) is 6. The maximum atomic E-state index is 5.87. The van der Waals surface area contributed by atoms with Gasteiger partial charge in [0.05, 0.1) is 6.61 Å². The van der Waals surface area contributed by atoms with Gasteiger partial charge in [0, 0.05) is 12.6 Å². The van der Waals surface area contributed by atoms with Crippen molar-refractivity contribution in [1.82, 2.24) is 5.32 Å². The Labute approximate surface area is 130 Å². The summed E-state index contributed by atoms with van der Waals surface area (Å²) in [5.74, 6) is 1.02. The Kier molecular flexibility index (Phi) is 7.66. The zero-order valence-electron chi connectivity index (χ0n) is 13.6. The van der Waals surface area contributed by atoms with Gasteiger partial charge < -0.3 is 10.1 Å². The minimum atomic E-state index is 0.766. The molecule has 0 spiro atoms. The summed E-state index contributed by atoms with van der Waals surface area (Å²) in [4.78, 5) is 0. The van der Waals surface area contributed by atoms with E-state index in [-0.39, 0.29) is 0 Å². The van der Waals surface area contributed by atoms with Gasteiger partial charge in [-0.25, -0.2) is 0 Å². The predicted octanol–water partition coefficient (Wildman–Crippen LogP) is 5.07. The second-order valence-corrected chi connectivity index (χ2v) is 6.27. The van der Waals surface area contributed by atoms with Crippen LogP contribution in [-0.4, -0.2) is 12.6 Å². The standard InChI is InChI=1S/C19H31NO/c1-2-3-4-5-6-7-8-14-21-19-11-9-10-17(15-19)16-20-18-12-13-18/h9-11,15,18,20H,2-8,12-14,16H2,1H3. The lowest BCUT2D eigenvalue weighted by atomic mass is 10.1. The molecular formula is C19H31NO. The van der Waals surface area contributed by atoms with Crippen molar-refractivity contribution in [3.05, 3.63) is 29.8 Å². The first-order valence-corrected chi connectivity index (χ1v) is 8.83. The summed E-state index contributed by atoms with van der Waals surface area (Å²) in [7, 11) is 0. The van der Waals surface area contributed by atoms with Crippen LogP contribution in [0.5, 0.6) is 5.75 Å². The molecule has 2 rings (SSSR count). The third-order valence-electron chi connectivity index (χ3n) is 4.09. The van der Waals surface area contributed by atoms with Crippen molar-refractivity contribution in [1.29, 1.82) is 0 Å². The highest BCUT2D eigenvalue weighted by Crippen LogP contribution is 2.20. The summed E-state index contributed by atoms with van der Waals surface area (Å²) in [6, 6.07) is 9.29. The molecule has 0 saturated heterocycles. The van der Waals surface area contributed by atoms with Crippen LogP contribution < -0.4 is 10.1 Å². The molecule has 1 aliphatic rings. The second kappa shape index (κ2) is 9.83. The summed E-state index contributed by atoms with van der Waals surface area (Å²) < 4.78 is 5.87. The fraction of sp³-hybridized carbons (Fsp3) is 0.684.